The maximum Gasteiger partial charge on any atom is 0.254 e. The predicted octanol–water partition coefficient (Wildman–Crippen LogP) is 3.21. The Morgan fingerprint density at radius 3 is 2.85 bits per heavy atom. The van der Waals surface area contributed by atoms with Gasteiger partial charge in [0, 0.05) is 32.2 Å². The van der Waals surface area contributed by atoms with Crippen LogP contribution in [0.3, 0.4) is 0 Å². The Morgan fingerprint density at radius 1 is 1.45 bits per heavy atom. The summed E-state index contributed by atoms with van der Waals surface area (Å²) in [5.74, 6) is 0.787. The smallest absolute Gasteiger partial charge is 0.254 e. The van der Waals surface area contributed by atoms with Crippen LogP contribution in [-0.4, -0.2) is 42.5 Å². The Hall–Kier alpha value is -1.29. The van der Waals surface area contributed by atoms with E-state index >= 15 is 0 Å². The highest BCUT2D eigenvalue weighted by atomic mass is 35.5. The largest absolute Gasteiger partial charge is 0.363 e. The van der Waals surface area contributed by atoms with E-state index < -0.39 is 0 Å². The van der Waals surface area contributed by atoms with Crippen molar-refractivity contribution >= 4 is 23.3 Å². The second kappa shape index (κ2) is 6.44. The highest BCUT2D eigenvalue weighted by Gasteiger charge is 2.26. The lowest BCUT2D eigenvalue weighted by Gasteiger charge is -2.35. The van der Waals surface area contributed by atoms with Crippen LogP contribution in [0.5, 0.6) is 0 Å². The molecule has 1 aromatic rings. The number of nitrogens with zero attached hydrogens (tertiary/aromatic N) is 3. The van der Waals surface area contributed by atoms with Crippen molar-refractivity contribution < 1.29 is 4.79 Å². The Morgan fingerprint density at radius 2 is 2.20 bits per heavy atom. The Bertz CT molecular complexity index is 490. The van der Waals surface area contributed by atoms with Crippen LogP contribution < -0.4 is 4.90 Å². The van der Waals surface area contributed by atoms with E-state index in [2.05, 4.69) is 11.9 Å². The molecule has 2 rings (SSSR count). The first-order valence-corrected chi connectivity index (χ1v) is 7.56. The molecule has 1 fully saturated rings. The van der Waals surface area contributed by atoms with E-state index in [1.165, 1.54) is 6.42 Å². The van der Waals surface area contributed by atoms with Gasteiger partial charge in [-0.3, -0.25) is 4.79 Å². The third kappa shape index (κ3) is 3.23. The van der Waals surface area contributed by atoms with E-state index in [4.69, 9.17) is 11.6 Å². The van der Waals surface area contributed by atoms with Crippen molar-refractivity contribution in [3.63, 3.8) is 0 Å². The van der Waals surface area contributed by atoms with Crippen LogP contribution in [0.15, 0.2) is 12.1 Å². The van der Waals surface area contributed by atoms with Gasteiger partial charge in [0.05, 0.1) is 0 Å². The zero-order valence-corrected chi connectivity index (χ0v) is 13.2. The maximum absolute atomic E-state index is 12.7. The molecule has 0 spiro atoms. The number of anilines is 1. The molecular weight excluding hydrogens is 274 g/mol. The maximum atomic E-state index is 12.7. The minimum Gasteiger partial charge on any atom is -0.363 e. The van der Waals surface area contributed by atoms with Gasteiger partial charge in [-0.2, -0.15) is 0 Å². The van der Waals surface area contributed by atoms with Crippen LogP contribution in [0.2, 0.25) is 5.15 Å². The van der Waals surface area contributed by atoms with Gasteiger partial charge in [-0.1, -0.05) is 18.5 Å². The summed E-state index contributed by atoms with van der Waals surface area (Å²) >= 11 is 6.04. The third-order valence-electron chi connectivity index (χ3n) is 3.84. The number of pyridine rings is 1. The lowest BCUT2D eigenvalue weighted by molar-refractivity contribution is 0.0608. The molecule has 5 heteroatoms. The van der Waals surface area contributed by atoms with E-state index in [0.717, 1.165) is 25.8 Å². The minimum atomic E-state index is 0.0731. The Balaban J connectivity index is 2.27. The normalized spacial score (nSPS) is 19.0. The minimum absolute atomic E-state index is 0.0731. The molecule has 0 aliphatic carbocycles. The molecule has 110 valence electrons. The monoisotopic (exact) mass is 295 g/mol. The Labute approximate surface area is 125 Å². The van der Waals surface area contributed by atoms with Crippen molar-refractivity contribution in [2.24, 2.45) is 0 Å². The molecule has 0 N–H and O–H groups in total. The van der Waals surface area contributed by atoms with Crippen molar-refractivity contribution in [1.82, 2.24) is 9.88 Å². The summed E-state index contributed by atoms with van der Waals surface area (Å²) < 4.78 is 0. The van der Waals surface area contributed by atoms with Crippen molar-refractivity contribution in [1.29, 1.82) is 0 Å². The Kier molecular flexibility index (Phi) is 4.86. The second-order valence-corrected chi connectivity index (χ2v) is 5.87. The van der Waals surface area contributed by atoms with Crippen LogP contribution in [-0.2, 0) is 0 Å². The molecule has 20 heavy (non-hydrogen) atoms. The lowest BCUT2D eigenvalue weighted by atomic mass is 9.99. The third-order valence-corrected chi connectivity index (χ3v) is 4.04. The number of likely N-dealkylation sites (tertiary alicyclic amines) is 1. The standard InChI is InChI=1S/C15H22ClN3O/c1-4-12-7-5-6-8-19(12)15(20)11-9-13(16)17-14(10-11)18(2)3/h9-10,12H,4-8H2,1-3H3. The topological polar surface area (TPSA) is 36.4 Å². The average molecular weight is 296 g/mol. The van der Waals surface area contributed by atoms with Crippen molar-refractivity contribution in [3.8, 4) is 0 Å². The fourth-order valence-corrected chi connectivity index (χ4v) is 2.90. The van der Waals surface area contributed by atoms with E-state index in [-0.39, 0.29) is 5.91 Å². The molecule has 1 unspecified atom stereocenters. The summed E-state index contributed by atoms with van der Waals surface area (Å²) in [5, 5.41) is 0.365. The van der Waals surface area contributed by atoms with Crippen molar-refractivity contribution in [2.45, 2.75) is 38.6 Å². The van der Waals surface area contributed by atoms with Gasteiger partial charge in [0.1, 0.15) is 11.0 Å². The number of piperidine rings is 1. The van der Waals surface area contributed by atoms with E-state index in [1.54, 1.807) is 6.07 Å². The molecule has 1 aliphatic heterocycles. The summed E-state index contributed by atoms with van der Waals surface area (Å²) in [5.41, 5.74) is 0.633. The first-order valence-electron chi connectivity index (χ1n) is 7.18. The van der Waals surface area contributed by atoms with Crippen LogP contribution >= 0.6 is 11.6 Å². The van der Waals surface area contributed by atoms with Crippen LogP contribution in [0.1, 0.15) is 43.0 Å². The van der Waals surface area contributed by atoms with E-state index in [1.807, 2.05) is 30.0 Å². The van der Waals surface area contributed by atoms with Gasteiger partial charge in [-0.25, -0.2) is 4.98 Å². The fraction of sp³-hybridized carbons (Fsp3) is 0.600. The average Bonchev–Trinajstić information content (AvgIpc) is 2.45. The van der Waals surface area contributed by atoms with E-state index in [9.17, 15) is 4.79 Å². The molecular formula is C15H22ClN3O. The summed E-state index contributed by atoms with van der Waals surface area (Å²) in [6.07, 6.45) is 4.40. The van der Waals surface area contributed by atoms with Crippen molar-refractivity contribution in [2.75, 3.05) is 25.5 Å². The van der Waals surface area contributed by atoms with Gasteiger partial charge in [0.2, 0.25) is 0 Å². The summed E-state index contributed by atoms with van der Waals surface area (Å²) in [6.45, 7) is 2.98. The van der Waals surface area contributed by atoms with Gasteiger partial charge >= 0.3 is 0 Å². The van der Waals surface area contributed by atoms with Crippen molar-refractivity contribution in [3.05, 3.63) is 22.8 Å². The molecule has 1 atom stereocenters. The summed E-state index contributed by atoms with van der Waals surface area (Å²) in [7, 11) is 3.78. The second-order valence-electron chi connectivity index (χ2n) is 5.49. The predicted molar refractivity (Wildman–Crippen MR) is 82.5 cm³/mol. The van der Waals surface area contributed by atoms with Gasteiger partial charge < -0.3 is 9.80 Å². The molecule has 0 aromatic carbocycles. The number of hydrogen-bond acceptors (Lipinski definition) is 3. The molecule has 4 nitrogen and oxygen atoms in total. The number of carbonyl (C=O) groups excluding carboxylic acids is 1. The number of rotatable bonds is 3. The molecule has 1 aliphatic rings. The van der Waals surface area contributed by atoms with Gasteiger partial charge in [0.15, 0.2) is 0 Å². The number of carbonyl (C=O) groups is 1. The van der Waals surface area contributed by atoms with Crippen LogP contribution in [0.25, 0.3) is 0 Å². The highest BCUT2D eigenvalue weighted by Crippen LogP contribution is 2.24. The molecule has 1 amide bonds. The van der Waals surface area contributed by atoms with E-state index in [0.29, 0.717) is 22.6 Å². The molecule has 0 bridgehead atoms. The number of aromatic nitrogens is 1. The SMILES string of the molecule is CCC1CCCCN1C(=O)c1cc(Cl)nc(N(C)C)c1. The number of amides is 1. The quantitative estimate of drug-likeness (QED) is 0.804. The summed E-state index contributed by atoms with van der Waals surface area (Å²) in [6, 6.07) is 3.83. The molecule has 0 radical (unpaired) electrons. The summed E-state index contributed by atoms with van der Waals surface area (Å²) in [4.78, 5) is 20.8. The lowest BCUT2D eigenvalue weighted by Crippen LogP contribution is -2.43. The molecule has 0 saturated carbocycles. The molecule has 1 aromatic heterocycles. The first-order chi connectivity index (χ1) is 9.52. The van der Waals surface area contributed by atoms with Gasteiger partial charge in [-0.05, 0) is 37.8 Å². The van der Waals surface area contributed by atoms with Crippen LogP contribution in [0, 0.1) is 0 Å². The highest BCUT2D eigenvalue weighted by molar-refractivity contribution is 6.29. The van der Waals surface area contributed by atoms with Gasteiger partial charge in [0.25, 0.3) is 5.91 Å². The molecule has 2 heterocycles. The molecule has 1 saturated heterocycles. The fourth-order valence-electron chi connectivity index (χ4n) is 2.69. The zero-order chi connectivity index (χ0) is 14.7. The first kappa shape index (κ1) is 15.1. The van der Waals surface area contributed by atoms with Gasteiger partial charge in [-0.15, -0.1) is 0 Å². The number of hydrogen-bond donors (Lipinski definition) is 0. The van der Waals surface area contributed by atoms with Crippen LogP contribution in [0.4, 0.5) is 5.82 Å². The zero-order valence-electron chi connectivity index (χ0n) is 12.4. The number of halogens is 1.